The van der Waals surface area contributed by atoms with Crippen LogP contribution in [0.5, 0.6) is 11.5 Å². The molecule has 5 heteroatoms. The van der Waals surface area contributed by atoms with Gasteiger partial charge in [-0.1, -0.05) is 30.3 Å². The molecule has 0 aliphatic carbocycles. The SMILES string of the molecule is COc1ccc(OCCCC(=O)N(CCO)Cc2ccccc2)cc1. The summed E-state index contributed by atoms with van der Waals surface area (Å²) in [4.78, 5) is 14.1. The summed E-state index contributed by atoms with van der Waals surface area (Å²) in [5.74, 6) is 1.56. The summed E-state index contributed by atoms with van der Waals surface area (Å²) in [5, 5.41) is 9.20. The molecule has 1 amide bonds. The molecule has 0 saturated heterocycles. The lowest BCUT2D eigenvalue weighted by Crippen LogP contribution is -2.33. The normalized spacial score (nSPS) is 10.3. The van der Waals surface area contributed by atoms with Gasteiger partial charge in [0.15, 0.2) is 0 Å². The van der Waals surface area contributed by atoms with Crippen LogP contribution in [-0.2, 0) is 11.3 Å². The van der Waals surface area contributed by atoms with Gasteiger partial charge in [-0.3, -0.25) is 4.79 Å². The van der Waals surface area contributed by atoms with E-state index in [1.807, 2.05) is 54.6 Å². The second kappa shape index (κ2) is 10.4. The predicted molar refractivity (Wildman–Crippen MR) is 96.7 cm³/mol. The number of nitrogens with zero attached hydrogens (tertiary/aromatic N) is 1. The largest absolute Gasteiger partial charge is 0.497 e. The molecule has 0 aromatic heterocycles. The Balaban J connectivity index is 1.76. The Morgan fingerprint density at radius 3 is 2.36 bits per heavy atom. The molecule has 0 aliphatic rings. The van der Waals surface area contributed by atoms with Crippen LogP contribution in [0.4, 0.5) is 0 Å². The number of carbonyl (C=O) groups is 1. The van der Waals surface area contributed by atoms with Crippen LogP contribution in [0.15, 0.2) is 54.6 Å². The lowest BCUT2D eigenvalue weighted by atomic mass is 10.2. The summed E-state index contributed by atoms with van der Waals surface area (Å²) in [5.41, 5.74) is 1.05. The van der Waals surface area contributed by atoms with E-state index >= 15 is 0 Å². The highest BCUT2D eigenvalue weighted by Crippen LogP contribution is 2.17. The van der Waals surface area contributed by atoms with Crippen LogP contribution in [0.25, 0.3) is 0 Å². The van der Waals surface area contributed by atoms with Gasteiger partial charge in [-0.15, -0.1) is 0 Å². The Labute approximate surface area is 148 Å². The summed E-state index contributed by atoms with van der Waals surface area (Å²) < 4.78 is 10.7. The maximum absolute atomic E-state index is 12.4. The lowest BCUT2D eigenvalue weighted by Gasteiger charge is -2.22. The summed E-state index contributed by atoms with van der Waals surface area (Å²) in [7, 11) is 1.62. The van der Waals surface area contributed by atoms with Gasteiger partial charge >= 0.3 is 0 Å². The average molecular weight is 343 g/mol. The maximum atomic E-state index is 12.4. The van der Waals surface area contributed by atoms with Crippen molar-refractivity contribution < 1.29 is 19.4 Å². The molecule has 2 aromatic carbocycles. The van der Waals surface area contributed by atoms with Crippen molar-refractivity contribution in [2.45, 2.75) is 19.4 Å². The summed E-state index contributed by atoms with van der Waals surface area (Å²) in [6.45, 7) is 1.28. The van der Waals surface area contributed by atoms with Crippen LogP contribution in [-0.4, -0.2) is 42.8 Å². The third-order valence-electron chi connectivity index (χ3n) is 3.80. The van der Waals surface area contributed by atoms with Crippen molar-refractivity contribution in [3.63, 3.8) is 0 Å². The second-order valence-corrected chi connectivity index (χ2v) is 5.65. The maximum Gasteiger partial charge on any atom is 0.223 e. The minimum atomic E-state index is -0.0408. The predicted octanol–water partition coefficient (Wildman–Crippen LogP) is 2.88. The zero-order valence-corrected chi connectivity index (χ0v) is 14.6. The molecule has 0 heterocycles. The van der Waals surface area contributed by atoms with E-state index in [0.717, 1.165) is 17.1 Å². The van der Waals surface area contributed by atoms with Crippen LogP contribution < -0.4 is 9.47 Å². The highest BCUT2D eigenvalue weighted by molar-refractivity contribution is 5.76. The second-order valence-electron chi connectivity index (χ2n) is 5.65. The van der Waals surface area contributed by atoms with Crippen molar-refractivity contribution in [2.75, 3.05) is 26.9 Å². The molecular weight excluding hydrogens is 318 g/mol. The van der Waals surface area contributed by atoms with Gasteiger partial charge in [-0.25, -0.2) is 0 Å². The molecular formula is C20H25NO4. The molecule has 25 heavy (non-hydrogen) atoms. The van der Waals surface area contributed by atoms with Crippen LogP contribution in [0.1, 0.15) is 18.4 Å². The minimum absolute atomic E-state index is 0.0243. The summed E-state index contributed by atoms with van der Waals surface area (Å²) >= 11 is 0. The number of ether oxygens (including phenoxy) is 2. The third kappa shape index (κ3) is 6.47. The molecule has 0 fully saturated rings. The smallest absolute Gasteiger partial charge is 0.223 e. The van der Waals surface area contributed by atoms with Crippen molar-refractivity contribution in [1.82, 2.24) is 4.90 Å². The molecule has 5 nitrogen and oxygen atoms in total. The first-order chi connectivity index (χ1) is 12.2. The van der Waals surface area contributed by atoms with E-state index in [-0.39, 0.29) is 12.5 Å². The van der Waals surface area contributed by atoms with Crippen molar-refractivity contribution in [3.8, 4) is 11.5 Å². The Bertz CT molecular complexity index is 628. The molecule has 2 rings (SSSR count). The first-order valence-electron chi connectivity index (χ1n) is 8.42. The van der Waals surface area contributed by atoms with E-state index in [9.17, 15) is 9.90 Å². The number of carbonyl (C=O) groups excluding carboxylic acids is 1. The molecule has 0 spiro atoms. The van der Waals surface area contributed by atoms with Gasteiger partial charge in [-0.05, 0) is 36.2 Å². The van der Waals surface area contributed by atoms with Gasteiger partial charge in [0.25, 0.3) is 0 Å². The van der Waals surface area contributed by atoms with E-state index in [1.165, 1.54) is 0 Å². The van der Waals surface area contributed by atoms with Crippen molar-refractivity contribution >= 4 is 5.91 Å². The quantitative estimate of drug-likeness (QED) is 0.674. The first-order valence-corrected chi connectivity index (χ1v) is 8.42. The molecule has 0 radical (unpaired) electrons. The monoisotopic (exact) mass is 343 g/mol. The Morgan fingerprint density at radius 2 is 1.72 bits per heavy atom. The molecule has 0 atom stereocenters. The molecule has 0 aliphatic heterocycles. The number of methoxy groups -OCH3 is 1. The summed E-state index contributed by atoms with van der Waals surface area (Å²) in [6, 6.07) is 17.1. The van der Waals surface area contributed by atoms with Crippen molar-refractivity contribution in [3.05, 3.63) is 60.2 Å². The Kier molecular flexibility index (Phi) is 7.79. The van der Waals surface area contributed by atoms with Gasteiger partial charge in [0.1, 0.15) is 11.5 Å². The fraction of sp³-hybridized carbons (Fsp3) is 0.350. The number of aliphatic hydroxyl groups excluding tert-OH is 1. The lowest BCUT2D eigenvalue weighted by molar-refractivity contribution is -0.132. The van der Waals surface area contributed by atoms with Crippen LogP contribution >= 0.6 is 0 Å². The fourth-order valence-electron chi connectivity index (χ4n) is 2.46. The number of aliphatic hydroxyl groups is 1. The molecule has 134 valence electrons. The summed E-state index contributed by atoms with van der Waals surface area (Å²) in [6.07, 6.45) is 1.02. The van der Waals surface area contributed by atoms with E-state index in [1.54, 1.807) is 12.0 Å². The molecule has 0 saturated carbocycles. The highest BCUT2D eigenvalue weighted by atomic mass is 16.5. The Morgan fingerprint density at radius 1 is 1.04 bits per heavy atom. The van der Waals surface area contributed by atoms with E-state index in [4.69, 9.17) is 9.47 Å². The van der Waals surface area contributed by atoms with Crippen LogP contribution in [0.2, 0.25) is 0 Å². The number of amides is 1. The Hall–Kier alpha value is -2.53. The number of benzene rings is 2. The molecule has 1 N–H and O–H groups in total. The standard InChI is InChI=1S/C20H25NO4/c1-24-18-9-11-19(12-10-18)25-15-5-8-20(23)21(13-14-22)16-17-6-3-2-4-7-17/h2-4,6-7,9-12,22H,5,8,13-16H2,1H3. The fourth-order valence-corrected chi connectivity index (χ4v) is 2.46. The number of rotatable bonds is 10. The zero-order chi connectivity index (χ0) is 17.9. The van der Waals surface area contributed by atoms with Gasteiger partial charge in [0.05, 0.1) is 20.3 Å². The highest BCUT2D eigenvalue weighted by Gasteiger charge is 2.13. The van der Waals surface area contributed by atoms with E-state index in [2.05, 4.69) is 0 Å². The van der Waals surface area contributed by atoms with Gasteiger partial charge in [0.2, 0.25) is 5.91 Å². The van der Waals surface area contributed by atoms with Crippen molar-refractivity contribution in [1.29, 1.82) is 0 Å². The van der Waals surface area contributed by atoms with Gasteiger partial charge < -0.3 is 19.5 Å². The topological polar surface area (TPSA) is 59.0 Å². The third-order valence-corrected chi connectivity index (χ3v) is 3.80. The van der Waals surface area contributed by atoms with Crippen LogP contribution in [0.3, 0.4) is 0 Å². The molecule has 0 unspecified atom stereocenters. The molecule has 2 aromatic rings. The first kappa shape index (κ1) is 18.8. The van der Waals surface area contributed by atoms with E-state index in [0.29, 0.717) is 32.5 Å². The van der Waals surface area contributed by atoms with Crippen LogP contribution in [0, 0.1) is 0 Å². The minimum Gasteiger partial charge on any atom is -0.497 e. The van der Waals surface area contributed by atoms with Gasteiger partial charge in [0, 0.05) is 19.5 Å². The number of hydrogen-bond acceptors (Lipinski definition) is 4. The average Bonchev–Trinajstić information content (AvgIpc) is 2.66. The zero-order valence-electron chi connectivity index (χ0n) is 14.6. The molecule has 0 bridgehead atoms. The van der Waals surface area contributed by atoms with Crippen molar-refractivity contribution in [2.24, 2.45) is 0 Å². The van der Waals surface area contributed by atoms with E-state index < -0.39 is 0 Å². The van der Waals surface area contributed by atoms with Gasteiger partial charge in [-0.2, -0.15) is 0 Å². The number of hydrogen-bond donors (Lipinski definition) is 1.